The van der Waals surface area contributed by atoms with Gasteiger partial charge in [-0.15, -0.1) is 22.8 Å². The van der Waals surface area contributed by atoms with Crippen LogP contribution >= 0.6 is 12.6 Å². The fourth-order valence-electron chi connectivity index (χ4n) is 1.97. The summed E-state index contributed by atoms with van der Waals surface area (Å²) in [5.74, 6) is 1.67. The van der Waals surface area contributed by atoms with Crippen molar-refractivity contribution in [3.05, 3.63) is 36.5 Å². The minimum absolute atomic E-state index is 0.240. The maximum atomic E-state index is 4.55. The van der Waals surface area contributed by atoms with Gasteiger partial charge in [0.25, 0.3) is 0 Å². The van der Waals surface area contributed by atoms with E-state index in [-0.39, 0.29) is 6.04 Å². The van der Waals surface area contributed by atoms with Crippen LogP contribution < -0.4 is 0 Å². The van der Waals surface area contributed by atoms with Crippen LogP contribution in [0.15, 0.2) is 40.8 Å². The molecule has 0 fully saturated rings. The van der Waals surface area contributed by atoms with Crippen LogP contribution in [0, 0.1) is 0 Å². The summed E-state index contributed by atoms with van der Waals surface area (Å²) >= 11 is 4.25. The van der Waals surface area contributed by atoms with Crippen molar-refractivity contribution in [3.8, 4) is 0 Å². The summed E-state index contributed by atoms with van der Waals surface area (Å²) in [7, 11) is 1.88. The first kappa shape index (κ1) is 14.6. The van der Waals surface area contributed by atoms with Gasteiger partial charge in [-0.25, -0.2) is 0 Å². The molecule has 20 heavy (non-hydrogen) atoms. The fourth-order valence-corrected chi connectivity index (χ4v) is 2.11. The summed E-state index contributed by atoms with van der Waals surface area (Å²) in [4.78, 5) is 6.51. The molecule has 0 saturated carbocycles. The second kappa shape index (κ2) is 5.66. The highest BCUT2D eigenvalue weighted by atomic mass is 32.1. The molecule has 2 heterocycles. The highest BCUT2D eigenvalue weighted by Crippen LogP contribution is 2.23. The van der Waals surface area contributed by atoms with Crippen LogP contribution in [0.25, 0.3) is 5.57 Å². The molecule has 106 valence electrons. The number of allylic oxidation sites excluding steroid dienone is 3. The van der Waals surface area contributed by atoms with Gasteiger partial charge in [0.1, 0.15) is 5.84 Å². The molecule has 0 spiro atoms. The fraction of sp³-hybridized carbons (Fsp3) is 0.357. The molecular formula is C14H19N5S. The van der Waals surface area contributed by atoms with Crippen molar-refractivity contribution >= 4 is 24.0 Å². The van der Waals surface area contributed by atoms with E-state index in [0.717, 1.165) is 22.9 Å². The number of hydrogen-bond donors (Lipinski definition) is 1. The van der Waals surface area contributed by atoms with Crippen molar-refractivity contribution in [2.24, 2.45) is 12.0 Å². The van der Waals surface area contributed by atoms with Crippen LogP contribution in [-0.2, 0) is 7.05 Å². The van der Waals surface area contributed by atoms with E-state index < -0.39 is 0 Å². The Balaban J connectivity index is 2.39. The lowest BCUT2D eigenvalue weighted by molar-refractivity contribution is 0.683. The zero-order chi connectivity index (χ0) is 14.9. The quantitative estimate of drug-likeness (QED) is 0.517. The number of amidine groups is 1. The van der Waals surface area contributed by atoms with E-state index in [9.17, 15) is 0 Å². The zero-order valence-corrected chi connectivity index (χ0v) is 13.1. The Labute approximate surface area is 124 Å². The van der Waals surface area contributed by atoms with Gasteiger partial charge in [-0.1, -0.05) is 6.58 Å². The summed E-state index contributed by atoms with van der Waals surface area (Å²) in [6, 6.07) is 0.240. The standard InChI is InChI=1S/C14H19N5S/c1-9(2)15-11(4)19-8-12(7-6-10(19)3)13-16-17-14(20)18(13)5/h6-9H,3H2,1-2,4-5H3,(H,17,20)/b15-11-. The van der Waals surface area contributed by atoms with Crippen molar-refractivity contribution in [1.29, 1.82) is 0 Å². The second-order valence-corrected chi connectivity index (χ2v) is 5.33. The van der Waals surface area contributed by atoms with Crippen molar-refractivity contribution in [1.82, 2.24) is 19.7 Å². The van der Waals surface area contributed by atoms with E-state index >= 15 is 0 Å². The lowest BCUT2D eigenvalue weighted by Gasteiger charge is -2.25. The average Bonchev–Trinajstić information content (AvgIpc) is 2.70. The third kappa shape index (κ3) is 2.85. The highest BCUT2D eigenvalue weighted by molar-refractivity contribution is 7.80. The molecule has 1 aliphatic heterocycles. The van der Waals surface area contributed by atoms with Crippen molar-refractivity contribution < 1.29 is 0 Å². The molecule has 0 atom stereocenters. The minimum Gasteiger partial charge on any atom is -0.306 e. The van der Waals surface area contributed by atoms with Crippen molar-refractivity contribution in [2.75, 3.05) is 0 Å². The largest absolute Gasteiger partial charge is 0.306 e. The van der Waals surface area contributed by atoms with E-state index in [1.54, 1.807) is 0 Å². The maximum absolute atomic E-state index is 4.55. The molecule has 0 saturated heterocycles. The molecule has 1 aromatic heterocycles. The molecule has 1 aliphatic rings. The molecular weight excluding hydrogens is 270 g/mol. The third-order valence-corrected chi connectivity index (χ3v) is 3.33. The smallest absolute Gasteiger partial charge is 0.188 e. The first-order valence-electron chi connectivity index (χ1n) is 6.41. The second-order valence-electron chi connectivity index (χ2n) is 4.93. The molecule has 0 bridgehead atoms. The van der Waals surface area contributed by atoms with Crippen LogP contribution in [0.4, 0.5) is 0 Å². The van der Waals surface area contributed by atoms with E-state index in [0.29, 0.717) is 5.16 Å². The molecule has 0 aromatic carbocycles. The Hall–Kier alpha value is -1.82. The number of aromatic nitrogens is 3. The zero-order valence-electron chi connectivity index (χ0n) is 12.2. The molecule has 1 aromatic rings. The molecule has 5 nitrogen and oxygen atoms in total. The molecule has 0 N–H and O–H groups in total. The maximum Gasteiger partial charge on any atom is 0.188 e. The van der Waals surface area contributed by atoms with E-state index in [4.69, 9.17) is 0 Å². The van der Waals surface area contributed by atoms with Crippen LogP contribution in [-0.4, -0.2) is 31.5 Å². The van der Waals surface area contributed by atoms with Crippen molar-refractivity contribution in [2.45, 2.75) is 32.0 Å². The molecule has 2 rings (SSSR count). The summed E-state index contributed by atoms with van der Waals surface area (Å²) in [5, 5.41) is 8.68. The lowest BCUT2D eigenvalue weighted by atomic mass is 10.1. The molecule has 6 heteroatoms. The number of aliphatic imine (C=N–C) groups is 1. The van der Waals surface area contributed by atoms with Gasteiger partial charge in [0.05, 0.1) is 0 Å². The van der Waals surface area contributed by atoms with Crippen LogP contribution in [0.3, 0.4) is 0 Å². The van der Waals surface area contributed by atoms with Gasteiger partial charge in [0, 0.05) is 30.6 Å². The number of nitrogens with zero attached hydrogens (tertiary/aromatic N) is 5. The first-order valence-corrected chi connectivity index (χ1v) is 6.86. The Morgan fingerprint density at radius 2 is 2.05 bits per heavy atom. The van der Waals surface area contributed by atoms with Gasteiger partial charge in [0.15, 0.2) is 11.0 Å². The Morgan fingerprint density at radius 3 is 2.60 bits per heavy atom. The van der Waals surface area contributed by atoms with E-state index in [2.05, 4.69) is 34.4 Å². The van der Waals surface area contributed by atoms with Crippen molar-refractivity contribution in [3.63, 3.8) is 0 Å². The summed E-state index contributed by atoms with van der Waals surface area (Å²) in [6.07, 6.45) is 5.89. The predicted octanol–water partition coefficient (Wildman–Crippen LogP) is 2.66. The lowest BCUT2D eigenvalue weighted by Crippen LogP contribution is -2.24. The van der Waals surface area contributed by atoms with Crippen LogP contribution in [0.2, 0.25) is 0 Å². The average molecular weight is 289 g/mol. The number of hydrogen-bond acceptors (Lipinski definition) is 4. The van der Waals surface area contributed by atoms with Gasteiger partial charge in [0.2, 0.25) is 0 Å². The van der Waals surface area contributed by atoms with Crippen LogP contribution in [0.1, 0.15) is 26.6 Å². The third-order valence-electron chi connectivity index (χ3n) is 2.94. The normalized spacial score (nSPS) is 16.1. The topological polar surface area (TPSA) is 46.3 Å². The SMILES string of the molecule is C=C1C=CC(c2nnc(S)n2C)=CN1/C(C)=N\C(C)C. The van der Waals surface area contributed by atoms with E-state index in [1.807, 2.05) is 55.6 Å². The first-order chi connectivity index (χ1) is 9.40. The minimum atomic E-state index is 0.240. The van der Waals surface area contributed by atoms with Gasteiger partial charge < -0.3 is 9.47 Å². The summed E-state index contributed by atoms with van der Waals surface area (Å²) in [5.41, 5.74) is 1.83. The predicted molar refractivity (Wildman–Crippen MR) is 84.6 cm³/mol. The van der Waals surface area contributed by atoms with Gasteiger partial charge >= 0.3 is 0 Å². The number of thiol groups is 1. The summed E-state index contributed by atoms with van der Waals surface area (Å²) < 4.78 is 1.83. The van der Waals surface area contributed by atoms with Gasteiger partial charge in [-0.2, -0.15) is 0 Å². The molecule has 0 amide bonds. The Morgan fingerprint density at radius 1 is 1.35 bits per heavy atom. The highest BCUT2D eigenvalue weighted by Gasteiger charge is 2.17. The summed E-state index contributed by atoms with van der Waals surface area (Å²) in [6.45, 7) is 10.1. The van der Waals surface area contributed by atoms with Gasteiger partial charge in [-0.3, -0.25) is 4.99 Å². The molecule has 0 aliphatic carbocycles. The monoisotopic (exact) mass is 289 g/mol. The molecule has 0 unspecified atom stereocenters. The molecule has 0 radical (unpaired) electrons. The van der Waals surface area contributed by atoms with Crippen LogP contribution in [0.5, 0.6) is 0 Å². The Bertz CT molecular complexity index is 622. The van der Waals surface area contributed by atoms with E-state index in [1.165, 1.54) is 0 Å². The number of rotatable bonds is 2. The Kier molecular flexibility index (Phi) is 4.13. The van der Waals surface area contributed by atoms with Gasteiger partial charge in [-0.05, 0) is 32.9 Å².